The second-order valence-corrected chi connectivity index (χ2v) is 11.6. The summed E-state index contributed by atoms with van der Waals surface area (Å²) in [5.74, 6) is 0.530. The van der Waals surface area contributed by atoms with E-state index in [-0.39, 0.29) is 35.7 Å². The van der Waals surface area contributed by atoms with Crippen molar-refractivity contribution in [1.82, 2.24) is 0 Å². The molecule has 206 valence electrons. The number of hydrogen-bond acceptors (Lipinski definition) is 7. The molecule has 38 heavy (non-hydrogen) atoms. The van der Waals surface area contributed by atoms with Crippen LogP contribution in [0.3, 0.4) is 0 Å². The molecule has 2 fully saturated rings. The Balaban J connectivity index is 1.65. The number of aryl methyl sites for hydroxylation is 1. The number of aliphatic hydroxyl groups is 1. The van der Waals surface area contributed by atoms with Crippen LogP contribution in [-0.4, -0.2) is 36.7 Å². The Hall–Kier alpha value is -2.93. The summed E-state index contributed by atoms with van der Waals surface area (Å²) in [7, 11) is 1.48. The molecule has 0 heterocycles. The maximum absolute atomic E-state index is 12.9. The van der Waals surface area contributed by atoms with Crippen molar-refractivity contribution >= 4 is 28.7 Å². The van der Waals surface area contributed by atoms with Gasteiger partial charge in [-0.1, -0.05) is 25.5 Å². The summed E-state index contributed by atoms with van der Waals surface area (Å²) in [5.41, 5.74) is 0.490. The molecule has 0 aliphatic heterocycles. The topological polar surface area (TPSA) is 99.1 Å². The highest BCUT2D eigenvalue weighted by Gasteiger charge is 2.58. The number of aliphatic hydroxyl groups excluding tert-OH is 1. The molecule has 0 aromatic heterocycles. The number of hydrogen-bond donors (Lipinski definition) is 1. The molecule has 2 aliphatic carbocycles. The second-order valence-electron chi connectivity index (χ2n) is 11.6. The Morgan fingerprint density at radius 1 is 0.947 bits per heavy atom. The highest BCUT2D eigenvalue weighted by molar-refractivity contribution is 5.96. The molecule has 2 aromatic carbocycles. The van der Waals surface area contributed by atoms with E-state index in [9.17, 15) is 19.5 Å². The van der Waals surface area contributed by atoms with E-state index in [0.717, 1.165) is 50.5 Å². The summed E-state index contributed by atoms with van der Waals surface area (Å²) < 4.78 is 16.1. The lowest BCUT2D eigenvalue weighted by Gasteiger charge is -2.59. The predicted octanol–water partition coefficient (Wildman–Crippen LogP) is 5.63. The molecular weight excluding hydrogens is 484 g/mol. The van der Waals surface area contributed by atoms with Crippen LogP contribution in [0.5, 0.6) is 11.5 Å². The number of benzene rings is 2. The van der Waals surface area contributed by atoms with Crippen molar-refractivity contribution in [3.05, 3.63) is 35.9 Å². The summed E-state index contributed by atoms with van der Waals surface area (Å²) >= 11 is 0. The fourth-order valence-corrected chi connectivity index (χ4v) is 7.69. The van der Waals surface area contributed by atoms with Gasteiger partial charge in [0.15, 0.2) is 0 Å². The second kappa shape index (κ2) is 11.0. The zero-order chi connectivity index (χ0) is 27.7. The van der Waals surface area contributed by atoms with Crippen LogP contribution in [0.1, 0.15) is 71.8 Å². The molecule has 0 saturated heterocycles. The zero-order valence-corrected chi connectivity index (χ0v) is 23.2. The third-order valence-corrected chi connectivity index (χ3v) is 9.36. The van der Waals surface area contributed by atoms with E-state index in [1.54, 1.807) is 12.1 Å². The number of esters is 3. The Morgan fingerprint density at radius 2 is 1.61 bits per heavy atom. The number of fused-ring (bicyclic) bond motifs is 2. The molecule has 1 N–H and O–H groups in total. The van der Waals surface area contributed by atoms with Gasteiger partial charge in [0.05, 0.1) is 12.5 Å². The lowest BCUT2D eigenvalue weighted by Crippen LogP contribution is -2.55. The molecule has 2 aliphatic rings. The van der Waals surface area contributed by atoms with Crippen LogP contribution in [0, 0.1) is 28.6 Å². The van der Waals surface area contributed by atoms with E-state index in [4.69, 9.17) is 14.2 Å². The minimum Gasteiger partial charge on any atom is -0.469 e. The van der Waals surface area contributed by atoms with Crippen molar-refractivity contribution in [3.8, 4) is 11.5 Å². The van der Waals surface area contributed by atoms with Gasteiger partial charge < -0.3 is 19.3 Å². The van der Waals surface area contributed by atoms with Gasteiger partial charge in [0.1, 0.15) is 11.5 Å². The van der Waals surface area contributed by atoms with Crippen molar-refractivity contribution < 1.29 is 33.7 Å². The molecule has 7 heteroatoms. The Labute approximate surface area is 224 Å². The number of rotatable bonds is 7. The first-order valence-electron chi connectivity index (χ1n) is 13.6. The molecule has 7 nitrogen and oxygen atoms in total. The van der Waals surface area contributed by atoms with Crippen LogP contribution < -0.4 is 9.47 Å². The lowest BCUT2D eigenvalue weighted by molar-refractivity contribution is -0.174. The molecule has 4 rings (SSSR count). The van der Waals surface area contributed by atoms with Gasteiger partial charge in [-0.25, -0.2) is 0 Å². The average Bonchev–Trinajstić information content (AvgIpc) is 2.87. The van der Waals surface area contributed by atoms with Crippen LogP contribution in [0.4, 0.5) is 0 Å². The Bertz CT molecular complexity index is 1220. The largest absolute Gasteiger partial charge is 0.469 e. The van der Waals surface area contributed by atoms with E-state index >= 15 is 0 Å². The summed E-state index contributed by atoms with van der Waals surface area (Å²) in [6.07, 6.45) is 6.29. The molecule has 0 radical (unpaired) electrons. The minimum atomic E-state index is -0.505. The first kappa shape index (κ1) is 28.1. The maximum atomic E-state index is 12.9. The van der Waals surface area contributed by atoms with Gasteiger partial charge >= 0.3 is 17.9 Å². The molecule has 0 bridgehead atoms. The predicted molar refractivity (Wildman–Crippen MR) is 144 cm³/mol. The van der Waals surface area contributed by atoms with Crippen molar-refractivity contribution in [1.29, 1.82) is 0 Å². The van der Waals surface area contributed by atoms with Crippen molar-refractivity contribution in [2.45, 2.75) is 72.6 Å². The average molecular weight is 525 g/mol. The standard InChI is InChI=1S/C31H40O7/c1-19(33)37-26-12-13-27(38-20(2)34)24-17-21(7-10-23(24)26)8-11-25-22(18-32)9-14-28-30(25,3)15-6-16-31(28,4)29(35)36-5/h7,10,12-13,17,22,25,28,32H,6,8-9,11,14-16,18H2,1-5H3/t22-,25-,28+,30+,31-/m0/s1. The van der Waals surface area contributed by atoms with E-state index in [1.165, 1.54) is 21.0 Å². The minimum absolute atomic E-state index is 0.0743. The lowest BCUT2D eigenvalue weighted by atomic mass is 9.45. The van der Waals surface area contributed by atoms with Gasteiger partial charge in [-0.05, 0) is 92.4 Å². The third-order valence-electron chi connectivity index (χ3n) is 9.36. The molecule has 5 atom stereocenters. The van der Waals surface area contributed by atoms with Crippen LogP contribution >= 0.6 is 0 Å². The number of carbonyl (C=O) groups excluding carboxylic acids is 3. The highest BCUT2D eigenvalue weighted by atomic mass is 16.5. The zero-order valence-electron chi connectivity index (χ0n) is 23.2. The fourth-order valence-electron chi connectivity index (χ4n) is 7.69. The first-order valence-corrected chi connectivity index (χ1v) is 13.6. The quantitative estimate of drug-likeness (QED) is 0.370. The first-order chi connectivity index (χ1) is 18.0. The van der Waals surface area contributed by atoms with E-state index in [1.807, 2.05) is 18.2 Å². The summed E-state index contributed by atoms with van der Waals surface area (Å²) in [6.45, 7) is 7.23. The summed E-state index contributed by atoms with van der Waals surface area (Å²) in [4.78, 5) is 36.3. The van der Waals surface area contributed by atoms with Gasteiger partial charge in [0.25, 0.3) is 0 Å². The molecule has 2 saturated carbocycles. The van der Waals surface area contributed by atoms with Crippen molar-refractivity contribution in [3.63, 3.8) is 0 Å². The van der Waals surface area contributed by atoms with E-state index < -0.39 is 17.4 Å². The molecule has 0 unspecified atom stereocenters. The van der Waals surface area contributed by atoms with Gasteiger partial charge in [-0.3, -0.25) is 14.4 Å². The van der Waals surface area contributed by atoms with Crippen molar-refractivity contribution in [2.24, 2.45) is 28.6 Å². The van der Waals surface area contributed by atoms with Crippen LogP contribution in [-0.2, 0) is 25.5 Å². The van der Waals surface area contributed by atoms with Crippen LogP contribution in [0.15, 0.2) is 30.3 Å². The monoisotopic (exact) mass is 524 g/mol. The number of ether oxygens (including phenoxy) is 3. The number of methoxy groups -OCH3 is 1. The van der Waals surface area contributed by atoms with Gasteiger partial charge in [-0.2, -0.15) is 0 Å². The molecular formula is C31H40O7. The fraction of sp³-hybridized carbons (Fsp3) is 0.581. The smallest absolute Gasteiger partial charge is 0.311 e. The van der Waals surface area contributed by atoms with E-state index in [0.29, 0.717) is 22.3 Å². The maximum Gasteiger partial charge on any atom is 0.311 e. The Morgan fingerprint density at radius 3 is 2.21 bits per heavy atom. The van der Waals surface area contributed by atoms with Crippen molar-refractivity contribution in [2.75, 3.05) is 13.7 Å². The molecule has 0 amide bonds. The Kier molecular flexibility index (Phi) is 8.17. The summed E-state index contributed by atoms with van der Waals surface area (Å²) in [6, 6.07) is 9.20. The van der Waals surface area contributed by atoms with Gasteiger partial charge in [-0.15, -0.1) is 0 Å². The van der Waals surface area contributed by atoms with E-state index in [2.05, 4.69) is 13.8 Å². The van der Waals surface area contributed by atoms with Gasteiger partial charge in [0.2, 0.25) is 0 Å². The normalized spacial score (nSPS) is 28.8. The van der Waals surface area contributed by atoms with Crippen LogP contribution in [0.2, 0.25) is 0 Å². The SMILES string of the molecule is COC(=O)[C@@]1(C)CCC[C@@]2(C)[C@H]1CC[C@@H](CO)[C@@H]2CCc1ccc2c(OC(C)=O)ccc(OC(C)=O)c2c1. The third kappa shape index (κ3) is 5.18. The molecule has 2 aromatic rings. The summed E-state index contributed by atoms with van der Waals surface area (Å²) in [5, 5.41) is 11.7. The highest BCUT2D eigenvalue weighted by Crippen LogP contribution is 2.62. The van der Waals surface area contributed by atoms with Crippen LogP contribution in [0.25, 0.3) is 10.8 Å². The number of carbonyl (C=O) groups is 3. The van der Waals surface area contributed by atoms with Gasteiger partial charge in [0, 0.05) is 31.2 Å². The molecule has 0 spiro atoms.